The molecule has 1 saturated heterocycles. The third kappa shape index (κ3) is 6.23. The summed E-state index contributed by atoms with van der Waals surface area (Å²) in [6.45, 7) is -0.256. The largest absolute Gasteiger partial charge is 0.490 e. The maximum Gasteiger partial charge on any atom is 0.490 e. The molecule has 0 aliphatic carbocycles. The average Bonchev–Trinajstić information content (AvgIpc) is 2.73. The molecule has 5 unspecified atom stereocenters. The topological polar surface area (TPSA) is 250 Å². The molecule has 1 aromatic heterocycles. The molecule has 1 aliphatic rings. The molecule has 0 spiro atoms. The van der Waals surface area contributed by atoms with Gasteiger partial charge >= 0.3 is 29.2 Å². The highest BCUT2D eigenvalue weighted by molar-refractivity contribution is 7.66. The van der Waals surface area contributed by atoms with Crippen molar-refractivity contribution in [3.05, 3.63) is 22.7 Å². The lowest BCUT2D eigenvalue weighted by Gasteiger charge is -2.24. The van der Waals surface area contributed by atoms with E-state index in [1.54, 1.807) is 0 Å². The number of alkyl halides is 1. The van der Waals surface area contributed by atoms with Crippen LogP contribution in [0.25, 0.3) is 0 Å². The Hall–Kier alpha value is -1.06. The van der Waals surface area contributed by atoms with Crippen molar-refractivity contribution in [2.24, 2.45) is 0 Å². The number of aliphatic hydroxyl groups is 1. The van der Waals surface area contributed by atoms with Crippen molar-refractivity contribution in [2.75, 3.05) is 12.3 Å². The fraction of sp³-hybridized carbons (Fsp3) is 0.600. The van der Waals surface area contributed by atoms with Gasteiger partial charge in [0.15, 0.2) is 11.9 Å². The van der Waals surface area contributed by atoms with E-state index in [0.29, 0.717) is 4.57 Å². The van der Waals surface area contributed by atoms with E-state index in [2.05, 4.69) is 18.1 Å². The van der Waals surface area contributed by atoms with Crippen LogP contribution >= 0.6 is 23.5 Å². The van der Waals surface area contributed by atoms with E-state index in [4.69, 9.17) is 25.2 Å². The van der Waals surface area contributed by atoms with Crippen LogP contribution in [0, 0.1) is 0 Å². The molecule has 1 aromatic rings. The van der Waals surface area contributed by atoms with Gasteiger partial charge in [-0.1, -0.05) is 0 Å². The number of anilines is 1. The number of nitrogens with zero attached hydrogens (tertiary/aromatic N) is 2. The minimum Gasteiger partial charge on any atom is -0.387 e. The van der Waals surface area contributed by atoms with E-state index >= 15 is 0 Å². The van der Waals surface area contributed by atoms with Crippen LogP contribution < -0.4 is 11.4 Å². The van der Waals surface area contributed by atoms with Crippen molar-refractivity contribution < 1.29 is 60.6 Å². The highest BCUT2D eigenvalue weighted by atomic mass is 31.3. The van der Waals surface area contributed by atoms with Gasteiger partial charge in [-0.15, -0.1) is 0 Å². The number of halogens is 1. The molecule has 0 aromatic carbocycles. The van der Waals surface area contributed by atoms with Gasteiger partial charge in [-0.25, -0.2) is 22.9 Å². The summed E-state index contributed by atoms with van der Waals surface area (Å²) in [6.07, 6.45) is -4.45. The van der Waals surface area contributed by atoms with Crippen LogP contribution in [-0.2, 0) is 31.6 Å². The molecule has 0 radical (unpaired) electrons. The van der Waals surface area contributed by atoms with Crippen molar-refractivity contribution >= 4 is 29.3 Å². The summed E-state index contributed by atoms with van der Waals surface area (Å²) >= 11 is 0. The van der Waals surface area contributed by atoms with Crippen molar-refractivity contribution in [1.82, 2.24) is 9.55 Å². The van der Waals surface area contributed by atoms with Crippen LogP contribution in [0.15, 0.2) is 17.1 Å². The fourth-order valence-corrected chi connectivity index (χ4v) is 5.46. The van der Waals surface area contributed by atoms with E-state index in [0.717, 1.165) is 19.2 Å². The van der Waals surface area contributed by atoms with Gasteiger partial charge in [0.25, 0.3) is 0 Å². The normalized spacial score (nSPS) is 31.2. The van der Waals surface area contributed by atoms with E-state index in [-0.39, 0.29) is 5.82 Å². The monoisotopic (exact) mass is 499 g/mol. The predicted octanol–water partition coefficient (Wildman–Crippen LogP) is -0.845. The zero-order valence-electron chi connectivity index (χ0n) is 14.8. The number of hydrogen-bond donors (Lipinski definition) is 6. The Balaban J connectivity index is 2.12. The van der Waals surface area contributed by atoms with Crippen LogP contribution in [0.4, 0.5) is 10.2 Å². The second-order valence-corrected chi connectivity index (χ2v) is 10.5. The summed E-state index contributed by atoms with van der Waals surface area (Å²) in [5, 5.41) is 10.1. The van der Waals surface area contributed by atoms with Gasteiger partial charge in [-0.05, 0) is 13.0 Å². The van der Waals surface area contributed by atoms with Crippen LogP contribution in [0.5, 0.6) is 0 Å². The van der Waals surface area contributed by atoms with Gasteiger partial charge in [0.05, 0.1) is 6.61 Å². The molecule has 172 valence electrons. The number of hydrogen-bond acceptors (Lipinski definition) is 11. The summed E-state index contributed by atoms with van der Waals surface area (Å²) < 4.78 is 65.7. The van der Waals surface area contributed by atoms with Crippen LogP contribution in [0.3, 0.4) is 0 Å². The van der Waals surface area contributed by atoms with Gasteiger partial charge in [-0.2, -0.15) is 13.6 Å². The maximum absolute atomic E-state index is 15.0. The zero-order valence-corrected chi connectivity index (χ0v) is 17.5. The SMILES string of the molecule is CC1(F)C(n2ccc(N)nc2=O)OC(COP(=O)(O)OP(=O)(O)OP(=O)(O)O)[C@@H]1O. The Morgan fingerprint density at radius 1 is 1.27 bits per heavy atom. The Labute approximate surface area is 166 Å². The van der Waals surface area contributed by atoms with Gasteiger partial charge in [0, 0.05) is 6.20 Å². The van der Waals surface area contributed by atoms with Crippen molar-refractivity contribution in [1.29, 1.82) is 0 Å². The molecule has 0 saturated carbocycles. The summed E-state index contributed by atoms with van der Waals surface area (Å²) in [7, 11) is -16.9. The maximum atomic E-state index is 15.0. The third-order valence-electron chi connectivity index (χ3n) is 3.64. The number of aliphatic hydroxyl groups excluding tert-OH is 1. The molecule has 30 heavy (non-hydrogen) atoms. The highest BCUT2D eigenvalue weighted by Crippen LogP contribution is 2.66. The first-order chi connectivity index (χ1) is 13.4. The number of aromatic nitrogens is 2. The van der Waals surface area contributed by atoms with Crippen LogP contribution in [-0.4, -0.2) is 58.7 Å². The smallest absolute Gasteiger partial charge is 0.387 e. The Bertz CT molecular complexity index is 995. The van der Waals surface area contributed by atoms with Crippen LogP contribution in [0.2, 0.25) is 0 Å². The summed E-state index contributed by atoms with van der Waals surface area (Å²) in [6, 6.07) is 1.15. The second-order valence-electron chi connectivity index (χ2n) is 6.05. The molecule has 16 nitrogen and oxygen atoms in total. The van der Waals surface area contributed by atoms with Gasteiger partial charge in [0.2, 0.25) is 0 Å². The number of ether oxygens (including phenoxy) is 1. The number of rotatable bonds is 8. The van der Waals surface area contributed by atoms with Gasteiger partial charge < -0.3 is 35.2 Å². The zero-order chi connectivity index (χ0) is 23.1. The summed E-state index contributed by atoms with van der Waals surface area (Å²) in [5.74, 6) is -0.167. The lowest BCUT2D eigenvalue weighted by atomic mass is 9.98. The molecule has 6 atom stereocenters. The lowest BCUT2D eigenvalue weighted by molar-refractivity contribution is -0.0603. The summed E-state index contributed by atoms with van der Waals surface area (Å²) in [5.41, 5.74) is 1.67. The molecule has 1 aliphatic heterocycles. The molecule has 2 rings (SSSR count). The molecule has 0 amide bonds. The highest BCUT2D eigenvalue weighted by Gasteiger charge is 2.56. The first-order valence-electron chi connectivity index (χ1n) is 7.59. The van der Waals surface area contributed by atoms with Crippen molar-refractivity contribution in [2.45, 2.75) is 31.0 Å². The lowest BCUT2D eigenvalue weighted by Crippen LogP contribution is -2.43. The molecular formula is C10H17FN3O13P3. The fourth-order valence-electron chi connectivity index (χ4n) is 2.43. The van der Waals surface area contributed by atoms with E-state index in [1.807, 2.05) is 0 Å². The molecule has 7 N–H and O–H groups in total. The van der Waals surface area contributed by atoms with Crippen molar-refractivity contribution in [3.8, 4) is 0 Å². The van der Waals surface area contributed by atoms with Crippen LogP contribution in [0.1, 0.15) is 13.2 Å². The minimum absolute atomic E-state index is 0.167. The Kier molecular flexibility index (Phi) is 7.11. The van der Waals surface area contributed by atoms with Crippen molar-refractivity contribution in [3.63, 3.8) is 0 Å². The first kappa shape index (κ1) is 25.2. The number of nitrogen functional groups attached to an aromatic ring is 1. The molecule has 0 bridgehead atoms. The average molecular weight is 499 g/mol. The molecule has 1 fully saturated rings. The summed E-state index contributed by atoms with van der Waals surface area (Å²) in [4.78, 5) is 50.6. The molecule has 20 heteroatoms. The van der Waals surface area contributed by atoms with Gasteiger partial charge in [-0.3, -0.25) is 9.09 Å². The minimum atomic E-state index is -5.75. The predicted molar refractivity (Wildman–Crippen MR) is 92.2 cm³/mol. The van der Waals surface area contributed by atoms with Gasteiger partial charge in [0.1, 0.15) is 18.0 Å². The molecule has 2 heterocycles. The van der Waals surface area contributed by atoms with E-state index in [1.165, 1.54) is 0 Å². The first-order valence-corrected chi connectivity index (χ1v) is 12.1. The number of phosphoric ester groups is 1. The standard InChI is InChI=1S/C10H17FN3O13P3/c1-10(11)7(15)5(25-8(10)14-3-2-6(12)13-9(14)16)4-24-29(20,21)27-30(22,23)26-28(17,18)19/h2-3,5,7-8,15H,4H2,1H3,(H,20,21)(H,22,23)(H2,12,13,16)(H2,17,18,19)/t5?,7-,8?,10?/m0/s1. The van der Waals surface area contributed by atoms with E-state index < -0.39 is 59.9 Å². The number of phosphoric acid groups is 3. The third-order valence-corrected chi connectivity index (χ3v) is 7.44. The Morgan fingerprint density at radius 3 is 2.40 bits per heavy atom. The second kappa shape index (κ2) is 8.47. The quantitative estimate of drug-likeness (QED) is 0.238. The van der Waals surface area contributed by atoms with E-state index in [9.17, 15) is 32.9 Å². The Morgan fingerprint density at radius 2 is 1.87 bits per heavy atom. The molecular weight excluding hydrogens is 482 g/mol. The number of nitrogens with two attached hydrogens (primary N) is 1.